The number of rotatable bonds is 8. The molecule has 0 aliphatic carbocycles. The van der Waals surface area contributed by atoms with Gasteiger partial charge in [0.15, 0.2) is 6.10 Å². The van der Waals surface area contributed by atoms with E-state index in [1.807, 2.05) is 0 Å². The van der Waals surface area contributed by atoms with Gasteiger partial charge in [0.2, 0.25) is 0 Å². The monoisotopic (exact) mass is 283 g/mol. The molecule has 0 fully saturated rings. The largest absolute Gasteiger partial charge is 0.479 e. The van der Waals surface area contributed by atoms with Crippen molar-refractivity contribution in [2.24, 2.45) is 0 Å². The van der Waals surface area contributed by atoms with Crippen LogP contribution < -0.4 is 10.1 Å². The molecule has 112 valence electrons. The van der Waals surface area contributed by atoms with Gasteiger partial charge in [-0.25, -0.2) is 9.18 Å². The molecule has 4 nitrogen and oxygen atoms in total. The molecule has 0 saturated heterocycles. The zero-order valence-electron chi connectivity index (χ0n) is 12.2. The Bertz CT molecular complexity index is 437. The molecule has 0 heterocycles. The molecule has 0 aliphatic rings. The predicted molar refractivity (Wildman–Crippen MR) is 75.1 cm³/mol. The standard InChI is InChI=1S/C15H22FNO3/c1-4-8-17-10-12-9-13(16)6-7-14(12)20-11(3)15(18)19-5-2/h6-7,9,11,17H,4-5,8,10H2,1-3H3. The Balaban J connectivity index is 2.74. The number of nitrogens with one attached hydrogen (secondary N) is 1. The van der Waals surface area contributed by atoms with Crippen molar-refractivity contribution in [1.29, 1.82) is 0 Å². The summed E-state index contributed by atoms with van der Waals surface area (Å²) in [6, 6.07) is 4.26. The number of benzene rings is 1. The summed E-state index contributed by atoms with van der Waals surface area (Å²) in [5.41, 5.74) is 0.689. The van der Waals surface area contributed by atoms with Crippen molar-refractivity contribution < 1.29 is 18.7 Å². The molecule has 0 aromatic heterocycles. The highest BCUT2D eigenvalue weighted by Crippen LogP contribution is 2.21. The maximum Gasteiger partial charge on any atom is 0.347 e. The van der Waals surface area contributed by atoms with E-state index in [0.717, 1.165) is 13.0 Å². The highest BCUT2D eigenvalue weighted by atomic mass is 19.1. The molecule has 0 amide bonds. The predicted octanol–water partition coefficient (Wildman–Crippen LogP) is 2.66. The summed E-state index contributed by atoms with van der Waals surface area (Å²) in [4.78, 5) is 11.5. The molecule has 1 unspecified atom stereocenters. The van der Waals surface area contributed by atoms with Crippen molar-refractivity contribution in [2.45, 2.75) is 39.8 Å². The first kappa shape index (κ1) is 16.4. The molecule has 1 atom stereocenters. The van der Waals surface area contributed by atoms with E-state index in [-0.39, 0.29) is 5.82 Å². The minimum Gasteiger partial charge on any atom is -0.479 e. The Kier molecular flexibility index (Phi) is 7.01. The SMILES string of the molecule is CCCNCc1cc(F)ccc1OC(C)C(=O)OCC. The fraction of sp³-hybridized carbons (Fsp3) is 0.533. The van der Waals surface area contributed by atoms with Crippen molar-refractivity contribution in [3.05, 3.63) is 29.6 Å². The van der Waals surface area contributed by atoms with Gasteiger partial charge in [0.25, 0.3) is 0 Å². The van der Waals surface area contributed by atoms with Gasteiger partial charge in [-0.2, -0.15) is 0 Å². The molecular weight excluding hydrogens is 261 g/mol. The van der Waals surface area contributed by atoms with Gasteiger partial charge < -0.3 is 14.8 Å². The molecule has 20 heavy (non-hydrogen) atoms. The maximum absolute atomic E-state index is 13.3. The van der Waals surface area contributed by atoms with Crippen LogP contribution in [0, 0.1) is 5.82 Å². The molecule has 1 aromatic carbocycles. The van der Waals surface area contributed by atoms with E-state index in [9.17, 15) is 9.18 Å². The lowest BCUT2D eigenvalue weighted by Crippen LogP contribution is -2.27. The van der Waals surface area contributed by atoms with Gasteiger partial charge in [-0.1, -0.05) is 6.92 Å². The maximum atomic E-state index is 13.3. The normalized spacial score (nSPS) is 12.0. The Morgan fingerprint density at radius 1 is 1.40 bits per heavy atom. The van der Waals surface area contributed by atoms with Crippen molar-refractivity contribution in [3.63, 3.8) is 0 Å². The van der Waals surface area contributed by atoms with Crippen LogP contribution in [0.15, 0.2) is 18.2 Å². The molecule has 1 aromatic rings. The van der Waals surface area contributed by atoms with Gasteiger partial charge in [0.05, 0.1) is 6.61 Å². The van der Waals surface area contributed by atoms with Crippen LogP contribution in [0.2, 0.25) is 0 Å². The lowest BCUT2D eigenvalue weighted by atomic mass is 10.2. The average Bonchev–Trinajstić information content (AvgIpc) is 2.42. The van der Waals surface area contributed by atoms with E-state index < -0.39 is 12.1 Å². The lowest BCUT2D eigenvalue weighted by molar-refractivity contribution is -0.150. The number of esters is 1. The topological polar surface area (TPSA) is 47.6 Å². The zero-order chi connectivity index (χ0) is 15.0. The second-order valence-electron chi connectivity index (χ2n) is 4.44. The second-order valence-corrected chi connectivity index (χ2v) is 4.44. The van der Waals surface area contributed by atoms with E-state index in [1.165, 1.54) is 18.2 Å². The fourth-order valence-corrected chi connectivity index (χ4v) is 1.70. The smallest absolute Gasteiger partial charge is 0.347 e. The van der Waals surface area contributed by atoms with Gasteiger partial charge in [0, 0.05) is 12.1 Å². The first-order valence-corrected chi connectivity index (χ1v) is 6.90. The summed E-state index contributed by atoms with van der Waals surface area (Å²) < 4.78 is 23.7. The average molecular weight is 283 g/mol. The van der Waals surface area contributed by atoms with Crippen LogP contribution in [0.1, 0.15) is 32.8 Å². The van der Waals surface area contributed by atoms with Crippen LogP contribution in [0.4, 0.5) is 4.39 Å². The van der Waals surface area contributed by atoms with Crippen LogP contribution in [0.25, 0.3) is 0 Å². The molecule has 0 spiro atoms. The molecule has 0 bridgehead atoms. The van der Waals surface area contributed by atoms with E-state index in [2.05, 4.69) is 12.2 Å². The Hall–Kier alpha value is -1.62. The Labute approximate surface area is 119 Å². The van der Waals surface area contributed by atoms with Gasteiger partial charge in [-0.15, -0.1) is 0 Å². The third-order valence-electron chi connectivity index (χ3n) is 2.69. The van der Waals surface area contributed by atoms with E-state index in [4.69, 9.17) is 9.47 Å². The fourth-order valence-electron chi connectivity index (χ4n) is 1.70. The lowest BCUT2D eigenvalue weighted by Gasteiger charge is -2.16. The summed E-state index contributed by atoms with van der Waals surface area (Å²) in [6.45, 7) is 7.05. The van der Waals surface area contributed by atoms with Crippen LogP contribution >= 0.6 is 0 Å². The van der Waals surface area contributed by atoms with Gasteiger partial charge >= 0.3 is 5.97 Å². The molecule has 5 heteroatoms. The summed E-state index contributed by atoms with van der Waals surface area (Å²) in [5, 5.41) is 3.18. The van der Waals surface area contributed by atoms with Gasteiger partial charge in [-0.05, 0) is 45.0 Å². The van der Waals surface area contributed by atoms with Crippen LogP contribution in [-0.2, 0) is 16.1 Å². The minimum atomic E-state index is -0.717. The highest BCUT2D eigenvalue weighted by molar-refractivity contribution is 5.74. The summed E-state index contributed by atoms with van der Waals surface area (Å²) in [7, 11) is 0. The summed E-state index contributed by atoms with van der Waals surface area (Å²) >= 11 is 0. The number of halogens is 1. The van der Waals surface area contributed by atoms with E-state index in [1.54, 1.807) is 13.8 Å². The number of hydrogen-bond acceptors (Lipinski definition) is 4. The second kappa shape index (κ2) is 8.53. The quantitative estimate of drug-likeness (QED) is 0.588. The van der Waals surface area contributed by atoms with Gasteiger partial charge in [0.1, 0.15) is 11.6 Å². The summed E-state index contributed by atoms with van der Waals surface area (Å²) in [5.74, 6) is -0.255. The number of hydrogen-bond donors (Lipinski definition) is 1. The Morgan fingerprint density at radius 3 is 2.80 bits per heavy atom. The molecule has 1 rings (SSSR count). The van der Waals surface area contributed by atoms with Crippen molar-refractivity contribution in [3.8, 4) is 5.75 Å². The summed E-state index contributed by atoms with van der Waals surface area (Å²) in [6.07, 6.45) is 0.274. The number of ether oxygens (including phenoxy) is 2. The van der Waals surface area contributed by atoms with Crippen LogP contribution in [-0.4, -0.2) is 25.2 Å². The molecular formula is C15H22FNO3. The van der Waals surface area contributed by atoms with E-state index in [0.29, 0.717) is 24.5 Å². The Morgan fingerprint density at radius 2 is 2.15 bits per heavy atom. The third kappa shape index (κ3) is 5.17. The first-order valence-electron chi connectivity index (χ1n) is 6.90. The minimum absolute atomic E-state index is 0.306. The van der Waals surface area contributed by atoms with Crippen LogP contribution in [0.5, 0.6) is 5.75 Å². The molecule has 1 N–H and O–H groups in total. The van der Waals surface area contributed by atoms with Crippen LogP contribution in [0.3, 0.4) is 0 Å². The number of carbonyl (C=O) groups is 1. The van der Waals surface area contributed by atoms with Crippen molar-refractivity contribution in [1.82, 2.24) is 5.32 Å². The van der Waals surface area contributed by atoms with E-state index >= 15 is 0 Å². The molecule has 0 saturated carbocycles. The van der Waals surface area contributed by atoms with Crippen molar-refractivity contribution >= 4 is 5.97 Å². The third-order valence-corrected chi connectivity index (χ3v) is 2.69. The van der Waals surface area contributed by atoms with Gasteiger partial charge in [-0.3, -0.25) is 0 Å². The number of carbonyl (C=O) groups excluding carboxylic acids is 1. The first-order chi connectivity index (χ1) is 9.58. The molecule has 0 aliphatic heterocycles. The molecule has 0 radical (unpaired) electrons. The zero-order valence-corrected chi connectivity index (χ0v) is 12.2. The van der Waals surface area contributed by atoms with Crippen molar-refractivity contribution in [2.75, 3.05) is 13.2 Å². The highest BCUT2D eigenvalue weighted by Gasteiger charge is 2.17.